The lowest BCUT2D eigenvalue weighted by molar-refractivity contribution is 0.0997. The molecule has 0 radical (unpaired) electrons. The van der Waals surface area contributed by atoms with E-state index in [1.165, 1.54) is 22.2 Å². The van der Waals surface area contributed by atoms with Crippen molar-refractivity contribution >= 4 is 27.4 Å². The van der Waals surface area contributed by atoms with E-state index in [1.54, 1.807) is 6.33 Å². The van der Waals surface area contributed by atoms with Crippen LogP contribution in [0, 0.1) is 5.92 Å². The number of nitrogens with zero attached hydrogens (tertiary/aromatic N) is 2. The van der Waals surface area contributed by atoms with Crippen molar-refractivity contribution in [3.8, 4) is 11.5 Å². The molecule has 1 aliphatic carbocycles. The molecule has 6 heteroatoms. The fourth-order valence-corrected chi connectivity index (χ4v) is 5.13. The number of thiophene rings is 1. The van der Waals surface area contributed by atoms with Gasteiger partial charge in [0.2, 0.25) is 0 Å². The summed E-state index contributed by atoms with van der Waals surface area (Å²) in [6, 6.07) is 7.80. The molecule has 0 saturated carbocycles. The predicted octanol–water partition coefficient (Wildman–Crippen LogP) is 4.07. The second-order valence-electron chi connectivity index (χ2n) is 7.13. The highest BCUT2D eigenvalue weighted by atomic mass is 32.1. The van der Waals surface area contributed by atoms with E-state index in [4.69, 9.17) is 9.47 Å². The van der Waals surface area contributed by atoms with Crippen molar-refractivity contribution in [2.75, 3.05) is 18.5 Å². The molecule has 2 aromatic heterocycles. The van der Waals surface area contributed by atoms with Crippen LogP contribution in [0.3, 0.4) is 0 Å². The first-order valence-electron chi connectivity index (χ1n) is 9.15. The maximum absolute atomic E-state index is 6.05. The van der Waals surface area contributed by atoms with E-state index in [0.717, 1.165) is 40.9 Å². The van der Waals surface area contributed by atoms with Crippen LogP contribution in [-0.2, 0) is 12.8 Å². The zero-order valence-electron chi connectivity index (χ0n) is 14.7. The number of aromatic nitrogens is 2. The lowest BCUT2D eigenvalue weighted by Gasteiger charge is -2.26. The Morgan fingerprint density at radius 1 is 1.23 bits per heavy atom. The number of nitrogens with one attached hydrogen (secondary N) is 1. The van der Waals surface area contributed by atoms with Crippen LogP contribution in [0.2, 0.25) is 0 Å². The lowest BCUT2D eigenvalue weighted by atomic mass is 9.89. The third-order valence-electron chi connectivity index (χ3n) is 5.16. The first-order valence-corrected chi connectivity index (χ1v) is 9.97. The maximum atomic E-state index is 6.05. The van der Waals surface area contributed by atoms with Gasteiger partial charge in [-0.3, -0.25) is 0 Å². The van der Waals surface area contributed by atoms with E-state index < -0.39 is 0 Å². The van der Waals surface area contributed by atoms with Gasteiger partial charge in [0.15, 0.2) is 11.5 Å². The highest BCUT2D eigenvalue weighted by Crippen LogP contribution is 2.39. The minimum Gasteiger partial charge on any atom is -0.486 e. The number of para-hydroxylation sites is 2. The Hall–Kier alpha value is -2.34. The van der Waals surface area contributed by atoms with Crippen LogP contribution in [0.5, 0.6) is 11.5 Å². The number of hydrogen-bond donors (Lipinski definition) is 1. The van der Waals surface area contributed by atoms with Gasteiger partial charge in [-0.2, -0.15) is 0 Å². The van der Waals surface area contributed by atoms with Crippen LogP contribution < -0.4 is 14.8 Å². The summed E-state index contributed by atoms with van der Waals surface area (Å²) in [7, 11) is 0. The van der Waals surface area contributed by atoms with Crippen molar-refractivity contribution in [2.24, 2.45) is 5.92 Å². The van der Waals surface area contributed by atoms with Gasteiger partial charge in [-0.15, -0.1) is 11.3 Å². The molecule has 134 valence electrons. The molecule has 1 N–H and O–H groups in total. The number of ether oxygens (including phenoxy) is 2. The molecule has 1 aromatic carbocycles. The molecule has 3 heterocycles. The molecule has 0 spiro atoms. The minimum absolute atomic E-state index is 0.0376. The van der Waals surface area contributed by atoms with E-state index in [1.807, 2.05) is 35.6 Å². The molecule has 3 aromatic rings. The molecule has 2 atom stereocenters. The van der Waals surface area contributed by atoms with E-state index >= 15 is 0 Å². The first-order chi connectivity index (χ1) is 12.8. The number of rotatable bonds is 3. The Morgan fingerprint density at radius 2 is 2.12 bits per heavy atom. The van der Waals surface area contributed by atoms with Gasteiger partial charge in [0.1, 0.15) is 29.7 Å². The highest BCUT2D eigenvalue weighted by molar-refractivity contribution is 7.19. The van der Waals surface area contributed by atoms with Crippen LogP contribution in [0.4, 0.5) is 5.82 Å². The zero-order chi connectivity index (χ0) is 17.5. The third kappa shape index (κ3) is 2.78. The van der Waals surface area contributed by atoms with Crippen molar-refractivity contribution in [2.45, 2.75) is 32.3 Å². The van der Waals surface area contributed by atoms with Crippen LogP contribution >= 0.6 is 11.3 Å². The van der Waals surface area contributed by atoms with Crippen LogP contribution in [0.1, 0.15) is 23.8 Å². The van der Waals surface area contributed by atoms with E-state index in [0.29, 0.717) is 13.2 Å². The van der Waals surface area contributed by atoms with Crippen molar-refractivity contribution in [3.63, 3.8) is 0 Å². The van der Waals surface area contributed by atoms with Crippen LogP contribution in [0.25, 0.3) is 10.2 Å². The normalized spacial score (nSPS) is 21.4. The fourth-order valence-electron chi connectivity index (χ4n) is 3.78. The molecule has 5 rings (SSSR count). The quantitative estimate of drug-likeness (QED) is 0.756. The summed E-state index contributed by atoms with van der Waals surface area (Å²) in [4.78, 5) is 11.6. The topological polar surface area (TPSA) is 56.3 Å². The second kappa shape index (κ2) is 6.43. The number of anilines is 1. The molecule has 1 aliphatic heterocycles. The summed E-state index contributed by atoms with van der Waals surface area (Å²) in [5, 5.41) is 4.69. The Balaban J connectivity index is 1.37. The van der Waals surface area contributed by atoms with E-state index in [9.17, 15) is 0 Å². The molecule has 0 fully saturated rings. The summed E-state index contributed by atoms with van der Waals surface area (Å²) in [6.45, 7) is 3.52. The molecular weight excluding hydrogens is 346 g/mol. The summed E-state index contributed by atoms with van der Waals surface area (Å²) >= 11 is 1.82. The maximum Gasteiger partial charge on any atom is 0.161 e. The minimum atomic E-state index is -0.0376. The Bertz CT molecular complexity index is 955. The monoisotopic (exact) mass is 367 g/mol. The van der Waals surface area contributed by atoms with Crippen molar-refractivity contribution in [3.05, 3.63) is 41.0 Å². The summed E-state index contributed by atoms with van der Waals surface area (Å²) in [5.74, 6) is 3.30. The van der Waals surface area contributed by atoms with E-state index in [-0.39, 0.29) is 6.10 Å². The molecule has 0 amide bonds. The smallest absolute Gasteiger partial charge is 0.161 e. The SMILES string of the molecule is CC1CCc2c(sc3ncnc(NCC4COc5ccccc5O4)c23)C1. The molecule has 2 unspecified atom stereocenters. The first kappa shape index (κ1) is 15.9. The molecule has 5 nitrogen and oxygen atoms in total. The van der Waals surface area contributed by atoms with Gasteiger partial charge in [-0.05, 0) is 42.9 Å². The van der Waals surface area contributed by atoms with Crippen molar-refractivity contribution in [1.29, 1.82) is 0 Å². The van der Waals surface area contributed by atoms with Gasteiger partial charge in [0.25, 0.3) is 0 Å². The second-order valence-corrected chi connectivity index (χ2v) is 8.22. The average Bonchev–Trinajstić information content (AvgIpc) is 3.04. The summed E-state index contributed by atoms with van der Waals surface area (Å²) < 4.78 is 11.8. The average molecular weight is 367 g/mol. The van der Waals surface area contributed by atoms with Crippen LogP contribution in [0.15, 0.2) is 30.6 Å². The van der Waals surface area contributed by atoms with Gasteiger partial charge in [0, 0.05) is 4.88 Å². The number of hydrogen-bond acceptors (Lipinski definition) is 6. The number of benzene rings is 1. The Morgan fingerprint density at radius 3 is 3.04 bits per heavy atom. The van der Waals surface area contributed by atoms with Gasteiger partial charge >= 0.3 is 0 Å². The van der Waals surface area contributed by atoms with E-state index in [2.05, 4.69) is 22.2 Å². The predicted molar refractivity (Wildman–Crippen MR) is 103 cm³/mol. The molecular formula is C20H21N3O2S. The molecule has 0 bridgehead atoms. The fraction of sp³-hybridized carbons (Fsp3) is 0.400. The zero-order valence-corrected chi connectivity index (χ0v) is 15.5. The summed E-state index contributed by atoms with van der Waals surface area (Å²) in [6.07, 6.45) is 5.14. The van der Waals surface area contributed by atoms with Gasteiger partial charge < -0.3 is 14.8 Å². The van der Waals surface area contributed by atoms with Crippen molar-refractivity contribution < 1.29 is 9.47 Å². The number of fused-ring (bicyclic) bond motifs is 4. The Kier molecular flexibility index (Phi) is 3.93. The molecule has 26 heavy (non-hydrogen) atoms. The highest BCUT2D eigenvalue weighted by Gasteiger charge is 2.24. The van der Waals surface area contributed by atoms with Gasteiger partial charge in [-0.1, -0.05) is 19.1 Å². The summed E-state index contributed by atoms with van der Waals surface area (Å²) in [5.41, 5.74) is 1.44. The van der Waals surface area contributed by atoms with Crippen LogP contribution in [-0.4, -0.2) is 29.2 Å². The standard InChI is InChI=1S/C20H21N3O2S/c1-12-6-7-14-17(8-12)26-20-18(14)19(22-11-23-20)21-9-13-10-24-15-4-2-3-5-16(15)25-13/h2-5,11-13H,6-10H2,1H3,(H,21,22,23). The molecule has 0 saturated heterocycles. The third-order valence-corrected chi connectivity index (χ3v) is 6.32. The van der Waals surface area contributed by atoms with Gasteiger partial charge in [0.05, 0.1) is 11.9 Å². The van der Waals surface area contributed by atoms with Crippen molar-refractivity contribution in [1.82, 2.24) is 9.97 Å². The lowest BCUT2D eigenvalue weighted by Crippen LogP contribution is -2.35. The molecule has 2 aliphatic rings. The Labute approximate surface area is 156 Å². The largest absolute Gasteiger partial charge is 0.486 e. The van der Waals surface area contributed by atoms with Gasteiger partial charge in [-0.25, -0.2) is 9.97 Å². The number of aryl methyl sites for hydroxylation is 1.